The second-order valence-corrected chi connectivity index (χ2v) is 6.55. The molecule has 132 valence electrons. The molecular weight excluding hydrogens is 343 g/mol. The number of amides is 2. The Bertz CT molecular complexity index is 793. The van der Waals surface area contributed by atoms with E-state index in [-0.39, 0.29) is 11.5 Å². The van der Waals surface area contributed by atoms with Gasteiger partial charge in [0.1, 0.15) is 11.9 Å². The van der Waals surface area contributed by atoms with Crippen molar-refractivity contribution in [1.29, 1.82) is 0 Å². The fraction of sp³-hybridized carbons (Fsp3) is 0.263. The van der Waals surface area contributed by atoms with Gasteiger partial charge in [-0.2, -0.15) is 0 Å². The fourth-order valence-electron chi connectivity index (χ4n) is 2.33. The molecular formula is C19H20ClFN2O2. The predicted octanol–water partition coefficient (Wildman–Crippen LogP) is 4.18. The molecule has 0 radical (unpaired) electrons. The van der Waals surface area contributed by atoms with Crippen molar-refractivity contribution in [3.63, 3.8) is 0 Å². The smallest absolute Gasteiger partial charge is 0.254 e. The number of nitrogens with one attached hydrogen (secondary N) is 2. The third kappa shape index (κ3) is 4.79. The summed E-state index contributed by atoms with van der Waals surface area (Å²) in [6, 6.07) is 10.1. The standard InChI is InChI=1S/C19H20ClFN2O2/c1-11(2)17(23-18(24)13-6-4-5-7-15(13)21)19(25)22-16-9-8-12(3)10-14(16)20/h4-11,17H,1-3H3,(H,22,25)(H,23,24)/t17-/m0/s1. The first-order chi connectivity index (χ1) is 11.8. The zero-order valence-corrected chi connectivity index (χ0v) is 15.0. The van der Waals surface area contributed by atoms with Crippen LogP contribution in [0.25, 0.3) is 0 Å². The summed E-state index contributed by atoms with van der Waals surface area (Å²) in [5, 5.41) is 5.71. The number of hydrogen-bond donors (Lipinski definition) is 2. The maximum atomic E-state index is 13.8. The first-order valence-corrected chi connectivity index (χ1v) is 8.29. The zero-order valence-electron chi connectivity index (χ0n) is 14.3. The lowest BCUT2D eigenvalue weighted by molar-refractivity contribution is -0.118. The normalized spacial score (nSPS) is 11.9. The Labute approximate surface area is 151 Å². The van der Waals surface area contributed by atoms with Gasteiger partial charge in [-0.25, -0.2) is 4.39 Å². The zero-order chi connectivity index (χ0) is 18.6. The topological polar surface area (TPSA) is 58.2 Å². The highest BCUT2D eigenvalue weighted by Gasteiger charge is 2.26. The molecule has 2 rings (SSSR count). The molecule has 25 heavy (non-hydrogen) atoms. The Kier molecular flexibility index (Phi) is 6.15. The second-order valence-electron chi connectivity index (χ2n) is 6.15. The number of anilines is 1. The molecule has 0 bridgehead atoms. The second kappa shape index (κ2) is 8.12. The minimum atomic E-state index is -0.829. The van der Waals surface area contributed by atoms with Gasteiger partial charge in [-0.05, 0) is 42.7 Å². The lowest BCUT2D eigenvalue weighted by atomic mass is 10.0. The average Bonchev–Trinajstić information content (AvgIpc) is 2.55. The lowest BCUT2D eigenvalue weighted by Crippen LogP contribution is -2.47. The monoisotopic (exact) mass is 362 g/mol. The van der Waals surface area contributed by atoms with Gasteiger partial charge in [-0.15, -0.1) is 0 Å². The molecule has 0 spiro atoms. The SMILES string of the molecule is Cc1ccc(NC(=O)[C@@H](NC(=O)c2ccccc2F)C(C)C)c(Cl)c1. The van der Waals surface area contributed by atoms with Gasteiger partial charge in [0.25, 0.3) is 5.91 Å². The number of rotatable bonds is 5. The molecule has 0 aromatic heterocycles. The summed E-state index contributed by atoms with van der Waals surface area (Å²) in [6.07, 6.45) is 0. The van der Waals surface area contributed by atoms with Crippen LogP contribution in [0.15, 0.2) is 42.5 Å². The maximum absolute atomic E-state index is 13.8. The molecule has 2 aromatic carbocycles. The molecule has 1 atom stereocenters. The van der Waals surface area contributed by atoms with E-state index in [0.717, 1.165) is 5.56 Å². The Morgan fingerprint density at radius 1 is 1.12 bits per heavy atom. The van der Waals surface area contributed by atoms with Gasteiger partial charge >= 0.3 is 0 Å². The fourth-order valence-corrected chi connectivity index (χ4v) is 2.61. The molecule has 0 unspecified atom stereocenters. The molecule has 0 aliphatic carbocycles. The van der Waals surface area contributed by atoms with E-state index in [9.17, 15) is 14.0 Å². The lowest BCUT2D eigenvalue weighted by Gasteiger charge is -2.22. The van der Waals surface area contributed by atoms with E-state index in [1.165, 1.54) is 18.2 Å². The first-order valence-electron chi connectivity index (χ1n) is 7.92. The molecule has 2 aromatic rings. The van der Waals surface area contributed by atoms with Crippen molar-refractivity contribution in [2.75, 3.05) is 5.32 Å². The van der Waals surface area contributed by atoms with Crippen LogP contribution in [0, 0.1) is 18.7 Å². The highest BCUT2D eigenvalue weighted by molar-refractivity contribution is 6.33. The minimum absolute atomic E-state index is 0.102. The van der Waals surface area contributed by atoms with Crippen LogP contribution in [-0.4, -0.2) is 17.9 Å². The number of carbonyl (C=O) groups is 2. The van der Waals surface area contributed by atoms with E-state index < -0.39 is 23.7 Å². The van der Waals surface area contributed by atoms with E-state index >= 15 is 0 Å². The third-order valence-corrected chi connectivity index (χ3v) is 4.05. The number of carbonyl (C=O) groups excluding carboxylic acids is 2. The maximum Gasteiger partial charge on any atom is 0.254 e. The highest BCUT2D eigenvalue weighted by Crippen LogP contribution is 2.23. The van der Waals surface area contributed by atoms with Crippen LogP contribution in [-0.2, 0) is 4.79 Å². The van der Waals surface area contributed by atoms with Crippen molar-refractivity contribution in [1.82, 2.24) is 5.32 Å². The molecule has 0 heterocycles. The molecule has 0 saturated carbocycles. The number of aryl methyl sites for hydroxylation is 1. The molecule has 6 heteroatoms. The summed E-state index contributed by atoms with van der Waals surface area (Å²) in [4.78, 5) is 24.9. The molecule has 2 amide bonds. The Balaban J connectivity index is 2.16. The minimum Gasteiger partial charge on any atom is -0.340 e. The summed E-state index contributed by atoms with van der Waals surface area (Å²) < 4.78 is 13.8. The van der Waals surface area contributed by atoms with Crippen LogP contribution in [0.4, 0.5) is 10.1 Å². The molecule has 0 aliphatic heterocycles. The van der Waals surface area contributed by atoms with Crippen LogP contribution >= 0.6 is 11.6 Å². The number of hydrogen-bond acceptors (Lipinski definition) is 2. The van der Waals surface area contributed by atoms with Crippen LogP contribution in [0.2, 0.25) is 5.02 Å². The Hall–Kier alpha value is -2.40. The van der Waals surface area contributed by atoms with Gasteiger partial charge < -0.3 is 10.6 Å². The Morgan fingerprint density at radius 3 is 2.40 bits per heavy atom. The van der Waals surface area contributed by atoms with Crippen LogP contribution < -0.4 is 10.6 Å². The van der Waals surface area contributed by atoms with Crippen molar-refractivity contribution >= 4 is 29.1 Å². The third-order valence-electron chi connectivity index (χ3n) is 3.74. The van der Waals surface area contributed by atoms with Crippen molar-refractivity contribution in [3.8, 4) is 0 Å². The van der Waals surface area contributed by atoms with Gasteiger partial charge in [-0.3, -0.25) is 9.59 Å². The number of halogens is 2. The number of benzene rings is 2. The van der Waals surface area contributed by atoms with E-state index in [0.29, 0.717) is 10.7 Å². The summed E-state index contributed by atoms with van der Waals surface area (Å²) in [7, 11) is 0. The van der Waals surface area contributed by atoms with E-state index in [1.54, 1.807) is 32.0 Å². The average molecular weight is 363 g/mol. The van der Waals surface area contributed by atoms with Crippen molar-refractivity contribution in [3.05, 3.63) is 64.4 Å². The van der Waals surface area contributed by atoms with Crippen LogP contribution in [0.5, 0.6) is 0 Å². The van der Waals surface area contributed by atoms with Gasteiger partial charge in [0.05, 0.1) is 16.3 Å². The summed E-state index contributed by atoms with van der Waals surface area (Å²) in [6.45, 7) is 5.48. The van der Waals surface area contributed by atoms with E-state index in [1.807, 2.05) is 13.0 Å². The van der Waals surface area contributed by atoms with Crippen LogP contribution in [0.1, 0.15) is 29.8 Å². The first kappa shape index (κ1) is 18.9. The summed E-state index contributed by atoms with van der Waals surface area (Å²) >= 11 is 6.13. The quantitative estimate of drug-likeness (QED) is 0.838. The molecule has 2 N–H and O–H groups in total. The Morgan fingerprint density at radius 2 is 1.80 bits per heavy atom. The van der Waals surface area contributed by atoms with Crippen molar-refractivity contribution < 1.29 is 14.0 Å². The molecule has 0 fully saturated rings. The van der Waals surface area contributed by atoms with Gasteiger partial charge in [0.2, 0.25) is 5.91 Å². The van der Waals surface area contributed by atoms with Gasteiger partial charge in [-0.1, -0.05) is 43.6 Å². The summed E-state index contributed by atoms with van der Waals surface area (Å²) in [5.41, 5.74) is 1.33. The van der Waals surface area contributed by atoms with Gasteiger partial charge in [0.15, 0.2) is 0 Å². The predicted molar refractivity (Wildman–Crippen MR) is 97.3 cm³/mol. The van der Waals surface area contributed by atoms with Crippen molar-refractivity contribution in [2.45, 2.75) is 26.8 Å². The van der Waals surface area contributed by atoms with E-state index in [4.69, 9.17) is 11.6 Å². The molecule has 0 saturated heterocycles. The highest BCUT2D eigenvalue weighted by atomic mass is 35.5. The van der Waals surface area contributed by atoms with Gasteiger partial charge in [0, 0.05) is 0 Å². The largest absolute Gasteiger partial charge is 0.340 e. The van der Waals surface area contributed by atoms with Crippen molar-refractivity contribution in [2.24, 2.45) is 5.92 Å². The summed E-state index contributed by atoms with van der Waals surface area (Å²) in [5.74, 6) is -1.88. The van der Waals surface area contributed by atoms with E-state index in [2.05, 4.69) is 10.6 Å². The van der Waals surface area contributed by atoms with Crippen LogP contribution in [0.3, 0.4) is 0 Å². The molecule has 0 aliphatic rings. The molecule has 4 nitrogen and oxygen atoms in total.